The van der Waals surface area contributed by atoms with E-state index < -0.39 is 0 Å². The first-order chi connectivity index (χ1) is 11.5. The van der Waals surface area contributed by atoms with Crippen LogP contribution in [0.2, 0.25) is 0 Å². The van der Waals surface area contributed by atoms with Crippen LogP contribution in [0, 0.1) is 0 Å². The predicted octanol–water partition coefficient (Wildman–Crippen LogP) is 4.35. The highest BCUT2D eigenvalue weighted by Crippen LogP contribution is 2.16. The van der Waals surface area contributed by atoms with E-state index in [0.29, 0.717) is 21.4 Å². The third-order valence-electron chi connectivity index (χ3n) is 3.01. The summed E-state index contributed by atoms with van der Waals surface area (Å²) < 4.78 is 1.62. The van der Waals surface area contributed by atoms with Crippen LogP contribution >= 0.6 is 31.9 Å². The molecule has 0 saturated carbocycles. The van der Waals surface area contributed by atoms with Gasteiger partial charge in [0, 0.05) is 20.3 Å². The van der Waals surface area contributed by atoms with Crippen molar-refractivity contribution < 1.29 is 9.59 Å². The van der Waals surface area contributed by atoms with Gasteiger partial charge in [0.2, 0.25) is 5.91 Å². The Morgan fingerprint density at radius 2 is 1.71 bits per heavy atom. The smallest absolute Gasteiger partial charge is 0.272 e. The summed E-state index contributed by atoms with van der Waals surface area (Å²) in [7, 11) is 0. The molecule has 0 unspecified atom stereocenters. The Kier molecular flexibility index (Phi) is 6.69. The molecule has 5 nitrogen and oxygen atoms in total. The van der Waals surface area contributed by atoms with Crippen LogP contribution in [0.25, 0.3) is 0 Å². The van der Waals surface area contributed by atoms with Gasteiger partial charge in [-0.05, 0) is 59.3 Å². The number of nitrogens with zero attached hydrogens (tertiary/aromatic N) is 1. The Hall–Kier alpha value is -1.99. The number of benzene rings is 2. The van der Waals surface area contributed by atoms with Gasteiger partial charge in [-0.1, -0.05) is 28.1 Å². The molecule has 24 heavy (non-hydrogen) atoms. The second kappa shape index (κ2) is 8.75. The molecule has 2 rings (SSSR count). The maximum Gasteiger partial charge on any atom is 0.272 e. The van der Waals surface area contributed by atoms with Gasteiger partial charge >= 0.3 is 0 Å². The van der Waals surface area contributed by atoms with Crippen LogP contribution in [0.15, 0.2) is 62.6 Å². The number of nitrogens with one attached hydrogen (secondary N) is 2. The van der Waals surface area contributed by atoms with Crippen LogP contribution in [0.3, 0.4) is 0 Å². The van der Waals surface area contributed by atoms with Crippen molar-refractivity contribution in [3.8, 4) is 0 Å². The number of halogens is 2. The average Bonchev–Trinajstić information content (AvgIpc) is 2.55. The second-order valence-electron chi connectivity index (χ2n) is 5.00. The van der Waals surface area contributed by atoms with Crippen molar-refractivity contribution in [2.24, 2.45) is 5.10 Å². The van der Waals surface area contributed by atoms with Crippen LogP contribution in [-0.4, -0.2) is 17.5 Å². The van der Waals surface area contributed by atoms with Gasteiger partial charge in [-0.2, -0.15) is 5.10 Å². The van der Waals surface area contributed by atoms with Crippen LogP contribution in [0.5, 0.6) is 0 Å². The summed E-state index contributed by atoms with van der Waals surface area (Å²) in [6.07, 6.45) is 0.0896. The number of carbonyl (C=O) groups is 2. The molecule has 0 aliphatic carbocycles. The molecule has 0 aliphatic heterocycles. The zero-order chi connectivity index (χ0) is 17.5. The first-order valence-corrected chi connectivity index (χ1v) is 8.68. The average molecular weight is 453 g/mol. The lowest BCUT2D eigenvalue weighted by Crippen LogP contribution is -2.21. The fraction of sp³-hybridized carbons (Fsp3) is 0.118. The summed E-state index contributed by atoms with van der Waals surface area (Å²) in [5.74, 6) is -0.538. The van der Waals surface area contributed by atoms with E-state index >= 15 is 0 Å². The van der Waals surface area contributed by atoms with Gasteiger partial charge in [0.05, 0.1) is 12.0 Å². The van der Waals surface area contributed by atoms with E-state index in [1.165, 1.54) is 0 Å². The van der Waals surface area contributed by atoms with E-state index in [9.17, 15) is 9.59 Å². The van der Waals surface area contributed by atoms with E-state index in [1.807, 2.05) is 18.2 Å². The van der Waals surface area contributed by atoms with Crippen LogP contribution in [0.1, 0.15) is 23.7 Å². The molecule has 0 spiro atoms. The SMILES string of the molecule is C/C(CC(=O)Nc1ccc(Br)cc1)=N\NC(=O)c1ccccc1Br. The van der Waals surface area contributed by atoms with Crippen molar-refractivity contribution >= 4 is 55.1 Å². The Morgan fingerprint density at radius 1 is 1.04 bits per heavy atom. The zero-order valence-electron chi connectivity index (χ0n) is 12.8. The minimum absolute atomic E-state index is 0.0896. The standard InChI is InChI=1S/C17H15Br2N3O2/c1-11(10-16(23)20-13-8-6-12(18)7-9-13)21-22-17(24)14-4-2-3-5-15(14)19/h2-9H,10H2,1H3,(H,20,23)(H,22,24)/b21-11+. The number of carbonyl (C=O) groups excluding carboxylic acids is 2. The highest BCUT2D eigenvalue weighted by Gasteiger charge is 2.09. The number of hydrazone groups is 1. The summed E-state index contributed by atoms with van der Waals surface area (Å²) in [5.41, 5.74) is 4.14. The van der Waals surface area contributed by atoms with Crippen molar-refractivity contribution in [3.05, 3.63) is 63.0 Å². The molecule has 0 heterocycles. The van der Waals surface area contributed by atoms with Gasteiger partial charge in [0.15, 0.2) is 0 Å². The van der Waals surface area contributed by atoms with Crippen molar-refractivity contribution in [3.63, 3.8) is 0 Å². The maximum absolute atomic E-state index is 12.0. The maximum atomic E-state index is 12.0. The molecular formula is C17H15Br2N3O2. The lowest BCUT2D eigenvalue weighted by atomic mass is 10.2. The number of amides is 2. The molecular weight excluding hydrogens is 438 g/mol. The third kappa shape index (κ3) is 5.58. The lowest BCUT2D eigenvalue weighted by molar-refractivity contribution is -0.115. The van der Waals surface area contributed by atoms with Crippen LogP contribution in [-0.2, 0) is 4.79 Å². The van der Waals surface area contributed by atoms with Gasteiger partial charge in [-0.15, -0.1) is 0 Å². The molecule has 124 valence electrons. The highest BCUT2D eigenvalue weighted by molar-refractivity contribution is 9.10. The minimum atomic E-state index is -0.338. The van der Waals surface area contributed by atoms with Crippen molar-refractivity contribution in [1.29, 1.82) is 0 Å². The molecule has 0 aromatic heterocycles. The monoisotopic (exact) mass is 451 g/mol. The number of rotatable bonds is 5. The number of anilines is 1. The fourth-order valence-corrected chi connectivity index (χ4v) is 2.59. The van der Waals surface area contributed by atoms with Crippen molar-refractivity contribution in [1.82, 2.24) is 5.43 Å². The summed E-state index contributed by atoms with van der Waals surface area (Å²) in [5, 5.41) is 6.73. The Balaban J connectivity index is 1.89. The van der Waals surface area contributed by atoms with E-state index in [-0.39, 0.29) is 18.2 Å². The molecule has 2 amide bonds. The van der Waals surface area contributed by atoms with Crippen molar-refractivity contribution in [2.75, 3.05) is 5.32 Å². The van der Waals surface area contributed by atoms with Crippen LogP contribution in [0.4, 0.5) is 5.69 Å². The van der Waals surface area contributed by atoms with Gasteiger partial charge in [-0.25, -0.2) is 5.43 Å². The first kappa shape index (κ1) is 18.4. The first-order valence-electron chi connectivity index (χ1n) is 7.09. The van der Waals surface area contributed by atoms with E-state index in [0.717, 1.165) is 4.47 Å². The van der Waals surface area contributed by atoms with E-state index in [4.69, 9.17) is 0 Å². The minimum Gasteiger partial charge on any atom is -0.326 e. The summed E-state index contributed by atoms with van der Waals surface area (Å²) >= 11 is 6.64. The molecule has 2 N–H and O–H groups in total. The van der Waals surface area contributed by atoms with Gasteiger partial charge in [0.1, 0.15) is 0 Å². The third-order valence-corrected chi connectivity index (χ3v) is 4.23. The molecule has 7 heteroatoms. The Bertz CT molecular complexity index is 774. The molecule has 2 aromatic rings. The van der Waals surface area contributed by atoms with Crippen LogP contribution < -0.4 is 10.7 Å². The second-order valence-corrected chi connectivity index (χ2v) is 6.77. The van der Waals surface area contributed by atoms with E-state index in [2.05, 4.69) is 47.7 Å². The lowest BCUT2D eigenvalue weighted by Gasteiger charge is -2.06. The quantitative estimate of drug-likeness (QED) is 0.523. The molecule has 0 bridgehead atoms. The van der Waals surface area contributed by atoms with E-state index in [1.54, 1.807) is 37.3 Å². The fourth-order valence-electron chi connectivity index (χ4n) is 1.86. The van der Waals surface area contributed by atoms with Gasteiger partial charge < -0.3 is 5.32 Å². The zero-order valence-corrected chi connectivity index (χ0v) is 16.0. The Morgan fingerprint density at radius 3 is 2.38 bits per heavy atom. The van der Waals surface area contributed by atoms with Gasteiger partial charge in [-0.3, -0.25) is 9.59 Å². The summed E-state index contributed by atoms with van der Waals surface area (Å²) in [4.78, 5) is 24.0. The number of hydrogen-bond acceptors (Lipinski definition) is 3. The molecule has 0 fully saturated rings. The molecule has 0 saturated heterocycles. The normalized spacial score (nSPS) is 11.0. The largest absolute Gasteiger partial charge is 0.326 e. The highest BCUT2D eigenvalue weighted by atomic mass is 79.9. The van der Waals surface area contributed by atoms with Gasteiger partial charge in [0.25, 0.3) is 5.91 Å². The molecule has 2 aromatic carbocycles. The molecule has 0 radical (unpaired) electrons. The molecule has 0 atom stereocenters. The molecule has 0 aliphatic rings. The topological polar surface area (TPSA) is 70.6 Å². The summed E-state index contributed by atoms with van der Waals surface area (Å²) in [6, 6.07) is 14.3. The summed E-state index contributed by atoms with van der Waals surface area (Å²) in [6.45, 7) is 1.68. The van der Waals surface area contributed by atoms with Crippen molar-refractivity contribution in [2.45, 2.75) is 13.3 Å². The predicted molar refractivity (Wildman–Crippen MR) is 102 cm³/mol. The number of hydrogen-bond donors (Lipinski definition) is 2. The Labute approximate surface area is 156 Å².